The van der Waals surface area contributed by atoms with Crippen LogP contribution in [0.1, 0.15) is 32.8 Å². The lowest BCUT2D eigenvalue weighted by Crippen LogP contribution is -2.22. The standard InChI is InChI=1S/C24H23N3O3/c1-18-13-26-27(15-18)22-9-7-21(8-10-22)24(28)25-14-19-4-2-5-20(12-19)16-29-17-23-6-3-11-30-23/h2-13,15H,14,16-17H2,1H3,(H,25,28). The van der Waals surface area contributed by atoms with Crippen molar-refractivity contribution in [2.75, 3.05) is 0 Å². The molecule has 30 heavy (non-hydrogen) atoms. The Hall–Kier alpha value is -3.64. The van der Waals surface area contributed by atoms with Gasteiger partial charge in [-0.3, -0.25) is 4.79 Å². The molecular formula is C24H23N3O3. The molecule has 152 valence electrons. The van der Waals surface area contributed by atoms with Gasteiger partial charge >= 0.3 is 0 Å². The van der Waals surface area contributed by atoms with E-state index in [1.165, 1.54) is 0 Å². The lowest BCUT2D eigenvalue weighted by molar-refractivity contribution is 0.0928. The SMILES string of the molecule is Cc1cnn(-c2ccc(C(=O)NCc3cccc(COCc4ccco4)c3)cc2)c1. The summed E-state index contributed by atoms with van der Waals surface area (Å²) in [5.74, 6) is 0.685. The number of hydrogen-bond donors (Lipinski definition) is 1. The van der Waals surface area contributed by atoms with Crippen LogP contribution in [0.3, 0.4) is 0 Å². The maximum atomic E-state index is 12.5. The maximum absolute atomic E-state index is 12.5. The summed E-state index contributed by atoms with van der Waals surface area (Å²) in [6.07, 6.45) is 5.38. The summed E-state index contributed by atoms with van der Waals surface area (Å²) < 4.78 is 12.7. The number of aryl methyl sites for hydroxylation is 1. The second kappa shape index (κ2) is 9.24. The van der Waals surface area contributed by atoms with Crippen molar-refractivity contribution in [2.24, 2.45) is 0 Å². The zero-order valence-electron chi connectivity index (χ0n) is 16.7. The van der Waals surface area contributed by atoms with Crippen molar-refractivity contribution in [3.8, 4) is 5.69 Å². The van der Waals surface area contributed by atoms with Gasteiger partial charge in [-0.1, -0.05) is 24.3 Å². The molecule has 0 unspecified atom stereocenters. The minimum atomic E-state index is -0.113. The summed E-state index contributed by atoms with van der Waals surface area (Å²) in [6, 6.07) is 19.1. The Bertz CT molecular complexity index is 1100. The van der Waals surface area contributed by atoms with E-state index in [1.807, 2.05) is 61.7 Å². The van der Waals surface area contributed by atoms with E-state index >= 15 is 0 Å². The molecule has 0 bridgehead atoms. The number of carbonyl (C=O) groups excluding carboxylic acids is 1. The first-order valence-electron chi connectivity index (χ1n) is 9.75. The number of nitrogens with one attached hydrogen (secondary N) is 1. The molecule has 4 rings (SSSR count). The average molecular weight is 401 g/mol. The van der Waals surface area contributed by atoms with Crippen LogP contribution >= 0.6 is 0 Å². The molecule has 0 saturated heterocycles. The van der Waals surface area contributed by atoms with Crippen LogP contribution in [0.25, 0.3) is 5.69 Å². The summed E-state index contributed by atoms with van der Waals surface area (Å²) in [5.41, 5.74) is 4.69. The van der Waals surface area contributed by atoms with Crippen molar-refractivity contribution in [2.45, 2.75) is 26.7 Å². The molecule has 0 aliphatic heterocycles. The number of carbonyl (C=O) groups is 1. The van der Waals surface area contributed by atoms with Gasteiger partial charge in [0.15, 0.2) is 0 Å². The molecule has 2 heterocycles. The van der Waals surface area contributed by atoms with Crippen molar-refractivity contribution in [1.29, 1.82) is 0 Å². The normalized spacial score (nSPS) is 10.8. The molecule has 0 saturated carbocycles. The highest BCUT2D eigenvalue weighted by Gasteiger charge is 2.07. The van der Waals surface area contributed by atoms with E-state index in [9.17, 15) is 4.79 Å². The van der Waals surface area contributed by atoms with E-state index in [-0.39, 0.29) is 5.91 Å². The van der Waals surface area contributed by atoms with Crippen molar-refractivity contribution in [1.82, 2.24) is 15.1 Å². The Labute approximate surface area is 175 Å². The third kappa shape index (κ3) is 5.04. The van der Waals surface area contributed by atoms with Gasteiger partial charge in [0.2, 0.25) is 0 Å². The molecule has 1 N–H and O–H groups in total. The second-order valence-electron chi connectivity index (χ2n) is 7.08. The van der Waals surface area contributed by atoms with Crippen molar-refractivity contribution >= 4 is 5.91 Å². The molecule has 0 spiro atoms. The van der Waals surface area contributed by atoms with Crippen LogP contribution in [-0.4, -0.2) is 15.7 Å². The number of furan rings is 1. The first-order valence-corrected chi connectivity index (χ1v) is 9.75. The van der Waals surface area contributed by atoms with Gasteiger partial charge in [0.05, 0.1) is 24.8 Å². The molecule has 0 aliphatic carbocycles. The number of aromatic nitrogens is 2. The van der Waals surface area contributed by atoms with Gasteiger partial charge in [0.25, 0.3) is 5.91 Å². The van der Waals surface area contributed by atoms with Gasteiger partial charge in [0.1, 0.15) is 12.4 Å². The van der Waals surface area contributed by atoms with Crippen LogP contribution in [0.15, 0.2) is 83.7 Å². The number of rotatable bonds is 8. The van der Waals surface area contributed by atoms with Crippen LogP contribution in [0.2, 0.25) is 0 Å². The van der Waals surface area contributed by atoms with Gasteiger partial charge in [-0.2, -0.15) is 5.10 Å². The molecule has 0 fully saturated rings. The van der Waals surface area contributed by atoms with E-state index in [4.69, 9.17) is 9.15 Å². The van der Waals surface area contributed by atoms with Crippen LogP contribution in [-0.2, 0) is 24.5 Å². The number of nitrogens with zero attached hydrogens (tertiary/aromatic N) is 2. The molecule has 2 aromatic heterocycles. The van der Waals surface area contributed by atoms with Gasteiger partial charge in [-0.25, -0.2) is 4.68 Å². The molecule has 2 aromatic carbocycles. The van der Waals surface area contributed by atoms with Gasteiger partial charge in [-0.15, -0.1) is 0 Å². The smallest absolute Gasteiger partial charge is 0.251 e. The number of ether oxygens (including phenoxy) is 1. The Morgan fingerprint density at radius 3 is 2.63 bits per heavy atom. The van der Waals surface area contributed by atoms with Gasteiger partial charge < -0.3 is 14.5 Å². The Balaban J connectivity index is 1.30. The van der Waals surface area contributed by atoms with Gasteiger partial charge in [0, 0.05) is 18.3 Å². The largest absolute Gasteiger partial charge is 0.467 e. The molecule has 6 heteroatoms. The van der Waals surface area contributed by atoms with Crippen LogP contribution in [0, 0.1) is 6.92 Å². The molecule has 1 amide bonds. The fraction of sp³-hybridized carbons (Fsp3) is 0.167. The average Bonchev–Trinajstić information content (AvgIpc) is 3.44. The van der Waals surface area contributed by atoms with E-state index in [0.29, 0.717) is 25.3 Å². The van der Waals surface area contributed by atoms with Crippen molar-refractivity contribution in [3.05, 3.63) is 107 Å². The van der Waals surface area contributed by atoms with Crippen LogP contribution < -0.4 is 5.32 Å². The quantitative estimate of drug-likeness (QED) is 0.474. The Morgan fingerprint density at radius 2 is 1.90 bits per heavy atom. The first-order chi connectivity index (χ1) is 14.7. The van der Waals surface area contributed by atoms with E-state index < -0.39 is 0 Å². The highest BCUT2D eigenvalue weighted by Crippen LogP contribution is 2.12. The number of benzene rings is 2. The highest BCUT2D eigenvalue weighted by molar-refractivity contribution is 5.94. The van der Waals surface area contributed by atoms with E-state index in [0.717, 1.165) is 28.1 Å². The van der Waals surface area contributed by atoms with Crippen LogP contribution in [0.4, 0.5) is 0 Å². The van der Waals surface area contributed by atoms with E-state index in [2.05, 4.69) is 10.4 Å². The molecule has 0 aliphatic rings. The zero-order chi connectivity index (χ0) is 20.8. The maximum Gasteiger partial charge on any atom is 0.251 e. The van der Waals surface area contributed by atoms with Gasteiger partial charge in [-0.05, 0) is 60.0 Å². The summed E-state index contributed by atoms with van der Waals surface area (Å²) in [4.78, 5) is 12.5. The number of amides is 1. The van der Waals surface area contributed by atoms with E-state index in [1.54, 1.807) is 29.3 Å². The number of hydrogen-bond acceptors (Lipinski definition) is 4. The summed E-state index contributed by atoms with van der Waals surface area (Å²) in [6.45, 7) is 3.36. The Kier molecular flexibility index (Phi) is 6.06. The minimum absolute atomic E-state index is 0.113. The molecule has 0 radical (unpaired) electrons. The predicted molar refractivity (Wildman–Crippen MR) is 113 cm³/mol. The van der Waals surface area contributed by atoms with Crippen molar-refractivity contribution in [3.63, 3.8) is 0 Å². The summed E-state index contributed by atoms with van der Waals surface area (Å²) >= 11 is 0. The molecule has 4 aromatic rings. The van der Waals surface area contributed by atoms with Crippen LogP contribution in [0.5, 0.6) is 0 Å². The Morgan fingerprint density at radius 1 is 1.07 bits per heavy atom. The first kappa shape index (κ1) is 19.7. The fourth-order valence-electron chi connectivity index (χ4n) is 3.10. The lowest BCUT2D eigenvalue weighted by Gasteiger charge is -2.09. The van der Waals surface area contributed by atoms with Crippen molar-refractivity contribution < 1.29 is 13.9 Å². The second-order valence-corrected chi connectivity index (χ2v) is 7.08. The fourth-order valence-corrected chi connectivity index (χ4v) is 3.10. The molecule has 6 nitrogen and oxygen atoms in total. The third-order valence-electron chi connectivity index (χ3n) is 4.64. The summed E-state index contributed by atoms with van der Waals surface area (Å²) in [5, 5.41) is 7.25. The molecule has 0 atom stereocenters. The topological polar surface area (TPSA) is 69.3 Å². The molecular weight excluding hydrogens is 378 g/mol. The third-order valence-corrected chi connectivity index (χ3v) is 4.64. The predicted octanol–water partition coefficient (Wildman–Crippen LogP) is 4.42. The zero-order valence-corrected chi connectivity index (χ0v) is 16.7. The summed E-state index contributed by atoms with van der Waals surface area (Å²) in [7, 11) is 0. The monoisotopic (exact) mass is 401 g/mol. The minimum Gasteiger partial charge on any atom is -0.467 e. The lowest BCUT2D eigenvalue weighted by atomic mass is 10.1. The highest BCUT2D eigenvalue weighted by atomic mass is 16.5.